The van der Waals surface area contributed by atoms with Gasteiger partial charge in [-0.2, -0.15) is 0 Å². The van der Waals surface area contributed by atoms with Gasteiger partial charge in [0.05, 0.1) is 5.69 Å². The molecule has 0 unspecified atom stereocenters. The molecule has 1 nitrogen and oxygen atoms in total. The highest BCUT2D eigenvalue weighted by atomic mass is 79.9. The summed E-state index contributed by atoms with van der Waals surface area (Å²) in [5.41, 5.74) is 3.97. The molecular weight excluding hydrogens is 214 g/mol. The minimum atomic E-state index is 1.01. The van der Waals surface area contributed by atoms with Crippen molar-refractivity contribution in [3.63, 3.8) is 0 Å². The van der Waals surface area contributed by atoms with Gasteiger partial charge in [0, 0.05) is 22.7 Å². The third-order valence-electron chi connectivity index (χ3n) is 2.21. The fraction of sp³-hybridized carbons (Fsp3) is 0.300. The van der Waals surface area contributed by atoms with E-state index >= 15 is 0 Å². The Hall–Kier alpha value is -0.630. The Balaban J connectivity index is 2.50. The summed E-state index contributed by atoms with van der Waals surface area (Å²) in [5.74, 6) is 0. The number of hydrogen-bond acceptors (Lipinski definition) is 1. The molecule has 1 aromatic rings. The van der Waals surface area contributed by atoms with Crippen molar-refractivity contribution < 1.29 is 0 Å². The Kier molecular flexibility index (Phi) is 2.01. The Morgan fingerprint density at radius 2 is 2.42 bits per heavy atom. The fourth-order valence-electron chi connectivity index (χ4n) is 1.57. The number of fused-ring (bicyclic) bond motifs is 1. The highest BCUT2D eigenvalue weighted by molar-refractivity contribution is 9.10. The van der Waals surface area contributed by atoms with E-state index in [1.165, 1.54) is 16.8 Å². The number of pyridine rings is 1. The lowest BCUT2D eigenvalue weighted by Gasteiger charge is -2.02. The van der Waals surface area contributed by atoms with Crippen molar-refractivity contribution in [2.24, 2.45) is 0 Å². The highest BCUT2D eigenvalue weighted by Crippen LogP contribution is 2.29. The molecule has 0 atom stereocenters. The van der Waals surface area contributed by atoms with Crippen LogP contribution in [0, 0.1) is 0 Å². The van der Waals surface area contributed by atoms with Crippen LogP contribution in [0.15, 0.2) is 22.8 Å². The second kappa shape index (κ2) is 3.02. The van der Waals surface area contributed by atoms with Gasteiger partial charge in [0.25, 0.3) is 0 Å². The largest absolute Gasteiger partial charge is 0.259 e. The first kappa shape index (κ1) is 7.99. The summed E-state index contributed by atoms with van der Waals surface area (Å²) in [6, 6.07) is 2.16. The Morgan fingerprint density at radius 1 is 1.58 bits per heavy atom. The molecule has 1 aromatic heterocycles. The van der Waals surface area contributed by atoms with E-state index in [1.807, 2.05) is 6.20 Å². The molecule has 12 heavy (non-hydrogen) atoms. The van der Waals surface area contributed by atoms with Gasteiger partial charge in [-0.1, -0.05) is 13.0 Å². The molecule has 0 spiro atoms. The number of allylic oxidation sites excluding steroid dienone is 2. The van der Waals surface area contributed by atoms with Crippen molar-refractivity contribution in [2.75, 3.05) is 0 Å². The van der Waals surface area contributed by atoms with Crippen LogP contribution in [0.3, 0.4) is 0 Å². The molecular formula is C10H10BrN. The summed E-state index contributed by atoms with van der Waals surface area (Å²) in [5, 5.41) is 0. The number of nitrogens with zero attached hydrogens (tertiary/aromatic N) is 1. The third kappa shape index (κ3) is 1.20. The molecule has 2 rings (SSSR count). The zero-order valence-corrected chi connectivity index (χ0v) is 8.56. The SMILES string of the molecule is CCC1=CCc2ncc(Br)cc21. The van der Waals surface area contributed by atoms with E-state index in [1.54, 1.807) is 0 Å². The van der Waals surface area contributed by atoms with E-state index in [0.717, 1.165) is 17.3 Å². The van der Waals surface area contributed by atoms with E-state index in [4.69, 9.17) is 0 Å². The van der Waals surface area contributed by atoms with Gasteiger partial charge < -0.3 is 0 Å². The molecule has 62 valence electrons. The van der Waals surface area contributed by atoms with Gasteiger partial charge in [-0.25, -0.2) is 0 Å². The van der Waals surface area contributed by atoms with Crippen LogP contribution in [0.25, 0.3) is 5.57 Å². The maximum Gasteiger partial charge on any atom is 0.0517 e. The summed E-state index contributed by atoms with van der Waals surface area (Å²) in [4.78, 5) is 4.36. The van der Waals surface area contributed by atoms with Crippen molar-refractivity contribution in [3.05, 3.63) is 34.1 Å². The topological polar surface area (TPSA) is 12.9 Å². The van der Waals surface area contributed by atoms with Crippen LogP contribution < -0.4 is 0 Å². The van der Waals surface area contributed by atoms with E-state index in [-0.39, 0.29) is 0 Å². The lowest BCUT2D eigenvalue weighted by molar-refractivity contribution is 1.12. The molecule has 0 fully saturated rings. The monoisotopic (exact) mass is 223 g/mol. The highest BCUT2D eigenvalue weighted by Gasteiger charge is 2.13. The van der Waals surface area contributed by atoms with Crippen LogP contribution in [0.2, 0.25) is 0 Å². The molecule has 1 aliphatic carbocycles. The van der Waals surface area contributed by atoms with Gasteiger partial charge in [-0.3, -0.25) is 4.98 Å². The van der Waals surface area contributed by atoms with E-state index in [9.17, 15) is 0 Å². The Bertz CT molecular complexity index is 342. The first-order valence-corrected chi connectivity index (χ1v) is 4.94. The van der Waals surface area contributed by atoms with Gasteiger partial charge in [-0.15, -0.1) is 0 Å². The summed E-state index contributed by atoms with van der Waals surface area (Å²) in [7, 11) is 0. The molecule has 0 radical (unpaired) electrons. The zero-order chi connectivity index (χ0) is 8.55. The van der Waals surface area contributed by atoms with Gasteiger partial charge in [0.2, 0.25) is 0 Å². The molecule has 0 N–H and O–H groups in total. The predicted octanol–water partition coefficient (Wildman–Crippen LogP) is 3.19. The Morgan fingerprint density at radius 3 is 3.17 bits per heavy atom. The minimum absolute atomic E-state index is 1.01. The second-order valence-electron chi connectivity index (χ2n) is 2.93. The first-order chi connectivity index (χ1) is 5.81. The molecule has 0 saturated heterocycles. The molecule has 2 heteroatoms. The van der Waals surface area contributed by atoms with Gasteiger partial charge in [-0.05, 0) is 34.0 Å². The van der Waals surface area contributed by atoms with Gasteiger partial charge in [0.1, 0.15) is 0 Å². The van der Waals surface area contributed by atoms with Crippen molar-refractivity contribution in [2.45, 2.75) is 19.8 Å². The number of rotatable bonds is 1. The van der Waals surface area contributed by atoms with Crippen molar-refractivity contribution in [1.82, 2.24) is 4.98 Å². The lowest BCUT2D eigenvalue weighted by atomic mass is 10.1. The molecule has 1 aliphatic rings. The van der Waals surface area contributed by atoms with E-state index in [0.29, 0.717) is 0 Å². The minimum Gasteiger partial charge on any atom is -0.259 e. The molecule has 0 saturated carbocycles. The number of hydrogen-bond donors (Lipinski definition) is 0. The molecule has 0 aromatic carbocycles. The molecule has 1 heterocycles. The first-order valence-electron chi connectivity index (χ1n) is 4.15. The molecule has 0 aliphatic heterocycles. The summed E-state index contributed by atoms with van der Waals surface area (Å²) >= 11 is 3.43. The van der Waals surface area contributed by atoms with E-state index < -0.39 is 0 Å². The average molecular weight is 224 g/mol. The zero-order valence-electron chi connectivity index (χ0n) is 6.97. The van der Waals surface area contributed by atoms with Crippen LogP contribution >= 0.6 is 15.9 Å². The summed E-state index contributed by atoms with van der Waals surface area (Å²) in [6.45, 7) is 2.18. The maximum absolute atomic E-state index is 4.36. The van der Waals surface area contributed by atoms with Gasteiger partial charge in [0.15, 0.2) is 0 Å². The molecule has 0 amide bonds. The van der Waals surface area contributed by atoms with Crippen molar-refractivity contribution in [1.29, 1.82) is 0 Å². The summed E-state index contributed by atoms with van der Waals surface area (Å²) < 4.78 is 1.07. The van der Waals surface area contributed by atoms with Crippen LogP contribution in [-0.4, -0.2) is 4.98 Å². The van der Waals surface area contributed by atoms with E-state index in [2.05, 4.69) is 40.0 Å². The second-order valence-corrected chi connectivity index (χ2v) is 3.85. The van der Waals surface area contributed by atoms with Crippen LogP contribution in [0.5, 0.6) is 0 Å². The maximum atomic E-state index is 4.36. The normalized spacial score (nSPS) is 14.3. The predicted molar refractivity (Wildman–Crippen MR) is 53.9 cm³/mol. The van der Waals surface area contributed by atoms with Crippen LogP contribution in [-0.2, 0) is 6.42 Å². The van der Waals surface area contributed by atoms with Crippen molar-refractivity contribution >= 4 is 21.5 Å². The lowest BCUT2D eigenvalue weighted by Crippen LogP contribution is -1.88. The van der Waals surface area contributed by atoms with Crippen LogP contribution in [0.1, 0.15) is 24.6 Å². The standard InChI is InChI=1S/C10H10BrN/c1-2-7-3-4-10-9(7)5-8(11)6-12-10/h3,5-6H,2,4H2,1H3. The quantitative estimate of drug-likeness (QED) is 0.713. The number of aromatic nitrogens is 1. The van der Waals surface area contributed by atoms with Gasteiger partial charge >= 0.3 is 0 Å². The molecule has 0 bridgehead atoms. The van der Waals surface area contributed by atoms with Crippen molar-refractivity contribution in [3.8, 4) is 0 Å². The third-order valence-corrected chi connectivity index (χ3v) is 2.64. The summed E-state index contributed by atoms with van der Waals surface area (Å²) in [6.07, 6.45) is 6.24. The Labute approximate surface area is 80.6 Å². The number of halogens is 1. The fourth-order valence-corrected chi connectivity index (χ4v) is 1.90. The smallest absolute Gasteiger partial charge is 0.0517 e. The average Bonchev–Trinajstić information content (AvgIpc) is 2.46. The van der Waals surface area contributed by atoms with Crippen LogP contribution in [0.4, 0.5) is 0 Å².